The summed E-state index contributed by atoms with van der Waals surface area (Å²) < 4.78 is 55.6. The third kappa shape index (κ3) is 3.40. The lowest BCUT2D eigenvalue weighted by molar-refractivity contribution is 0.150. The van der Waals surface area contributed by atoms with Crippen LogP contribution in [0.4, 0.5) is 8.78 Å². The Morgan fingerprint density at radius 1 is 1.36 bits per heavy atom. The Labute approximate surface area is 168 Å². The topological polar surface area (TPSA) is 89.8 Å². The van der Waals surface area contributed by atoms with Gasteiger partial charge in [-0.2, -0.15) is 5.10 Å². The predicted molar refractivity (Wildman–Crippen MR) is 102 cm³/mol. The Morgan fingerprint density at radius 3 is 2.64 bits per heavy atom. The van der Waals surface area contributed by atoms with Crippen molar-refractivity contribution in [3.63, 3.8) is 0 Å². The van der Waals surface area contributed by atoms with Crippen LogP contribution in [0.3, 0.4) is 0 Å². The molecular weight excluding hydrogens is 432 g/mol. The van der Waals surface area contributed by atoms with Gasteiger partial charge in [0.15, 0.2) is 10.0 Å². The molecule has 1 aliphatic rings. The fourth-order valence-corrected chi connectivity index (χ4v) is 5.47. The third-order valence-corrected chi connectivity index (χ3v) is 7.43. The van der Waals surface area contributed by atoms with Crippen molar-refractivity contribution in [1.29, 1.82) is 0 Å². The Bertz CT molecular complexity index is 1170. The highest BCUT2D eigenvalue weighted by molar-refractivity contribution is 7.89. The molecule has 0 saturated heterocycles. The molecule has 12 heteroatoms. The summed E-state index contributed by atoms with van der Waals surface area (Å²) >= 11 is 7.11. The number of aromatic nitrogens is 4. The first-order valence-electron chi connectivity index (χ1n) is 8.49. The van der Waals surface area contributed by atoms with Gasteiger partial charge in [0.1, 0.15) is 5.69 Å². The van der Waals surface area contributed by atoms with Gasteiger partial charge in [-0.3, -0.25) is 4.68 Å². The molecule has 1 aromatic carbocycles. The molecule has 1 fully saturated rings. The maximum atomic E-state index is 12.9. The van der Waals surface area contributed by atoms with Crippen LogP contribution in [0.2, 0.25) is 5.02 Å². The van der Waals surface area contributed by atoms with Gasteiger partial charge in [0.2, 0.25) is 10.0 Å². The Morgan fingerprint density at radius 2 is 2.07 bits per heavy atom. The van der Waals surface area contributed by atoms with E-state index in [0.29, 0.717) is 28.8 Å². The zero-order valence-corrected chi connectivity index (χ0v) is 17.3. The van der Waals surface area contributed by atoms with Crippen molar-refractivity contribution in [1.82, 2.24) is 24.7 Å². The van der Waals surface area contributed by atoms with Crippen LogP contribution < -0.4 is 4.72 Å². The highest BCUT2D eigenvalue weighted by atomic mass is 35.5. The van der Waals surface area contributed by atoms with E-state index >= 15 is 0 Å². The molecule has 28 heavy (non-hydrogen) atoms. The fourth-order valence-electron chi connectivity index (χ4n) is 2.87. The fraction of sp³-hybridized carbons (Fsp3) is 0.438. The van der Waals surface area contributed by atoms with Crippen LogP contribution in [0.25, 0.3) is 21.6 Å². The van der Waals surface area contributed by atoms with Crippen molar-refractivity contribution in [3.05, 3.63) is 22.2 Å². The first-order chi connectivity index (χ1) is 13.1. The Kier molecular flexibility index (Phi) is 4.68. The Balaban J connectivity index is 1.89. The van der Waals surface area contributed by atoms with Crippen LogP contribution in [0.5, 0.6) is 0 Å². The van der Waals surface area contributed by atoms with Crippen LogP contribution in [-0.2, 0) is 16.6 Å². The molecule has 0 aliphatic heterocycles. The quantitative estimate of drug-likeness (QED) is 0.617. The largest absolute Gasteiger partial charge is 0.291 e. The number of sulfonamides is 1. The van der Waals surface area contributed by atoms with Crippen LogP contribution >= 0.6 is 22.9 Å². The molecule has 2 heterocycles. The van der Waals surface area contributed by atoms with Gasteiger partial charge in [-0.1, -0.05) is 22.9 Å². The second-order valence-corrected chi connectivity index (χ2v) is 9.98. The first kappa shape index (κ1) is 19.6. The molecule has 7 nitrogen and oxygen atoms in total. The summed E-state index contributed by atoms with van der Waals surface area (Å²) in [5.74, 6) is 0. The molecule has 4 rings (SSSR count). The summed E-state index contributed by atoms with van der Waals surface area (Å²) in [4.78, 5) is -0.00590. The van der Waals surface area contributed by atoms with Gasteiger partial charge in [-0.15, -0.1) is 10.2 Å². The number of halogens is 3. The van der Waals surface area contributed by atoms with Crippen molar-refractivity contribution < 1.29 is 17.2 Å². The number of rotatable bonds is 6. The standard InChI is InChI=1S/C16H16ClF2N5O2S2/c1-3-24-12-9(11(22-24)14-20-21-15(27-14)13(18)19)6-8(7-10(12)17)28(25,26)23-16(2)4-5-16/h6-7,13,23H,3-5H2,1-2H3. The highest BCUT2D eigenvalue weighted by Crippen LogP contribution is 2.39. The van der Waals surface area contributed by atoms with Crippen molar-refractivity contribution in [2.24, 2.45) is 0 Å². The Hall–Kier alpha value is -1.69. The van der Waals surface area contributed by atoms with Crippen LogP contribution in [-0.4, -0.2) is 33.9 Å². The second kappa shape index (κ2) is 6.68. The van der Waals surface area contributed by atoms with E-state index in [1.165, 1.54) is 12.1 Å². The van der Waals surface area contributed by atoms with E-state index in [0.717, 1.165) is 12.8 Å². The van der Waals surface area contributed by atoms with Gasteiger partial charge in [0.25, 0.3) is 6.43 Å². The number of aryl methyl sites for hydroxylation is 1. The minimum atomic E-state index is -3.80. The van der Waals surface area contributed by atoms with Gasteiger partial charge in [0.05, 0.1) is 15.4 Å². The van der Waals surface area contributed by atoms with E-state index in [-0.39, 0.29) is 20.6 Å². The van der Waals surface area contributed by atoms with Crippen molar-refractivity contribution in [2.75, 3.05) is 0 Å². The molecule has 0 atom stereocenters. The number of alkyl halides is 2. The number of nitrogens with zero attached hydrogens (tertiary/aromatic N) is 4. The van der Waals surface area contributed by atoms with Crippen molar-refractivity contribution >= 4 is 43.9 Å². The minimum absolute atomic E-state index is 0.00590. The van der Waals surface area contributed by atoms with E-state index < -0.39 is 27.0 Å². The summed E-state index contributed by atoms with van der Waals surface area (Å²) in [6.07, 6.45) is -1.21. The summed E-state index contributed by atoms with van der Waals surface area (Å²) in [5, 5.41) is 12.1. The molecule has 150 valence electrons. The molecule has 0 spiro atoms. The SMILES string of the molecule is CCn1nc(-c2nnc(C(F)F)s2)c2cc(S(=O)(=O)NC3(C)CC3)cc(Cl)c21. The lowest BCUT2D eigenvalue weighted by atomic mass is 10.2. The number of fused-ring (bicyclic) bond motifs is 1. The predicted octanol–water partition coefficient (Wildman–Crippen LogP) is 4.00. The van der Waals surface area contributed by atoms with E-state index in [1.54, 1.807) is 4.68 Å². The molecule has 0 amide bonds. The van der Waals surface area contributed by atoms with Crippen molar-refractivity contribution in [3.8, 4) is 10.7 Å². The van der Waals surface area contributed by atoms with Crippen LogP contribution in [0, 0.1) is 0 Å². The van der Waals surface area contributed by atoms with Crippen LogP contribution in [0.15, 0.2) is 17.0 Å². The molecule has 2 aromatic heterocycles. The van der Waals surface area contributed by atoms with Crippen molar-refractivity contribution in [2.45, 2.75) is 50.1 Å². The van der Waals surface area contributed by atoms with Gasteiger partial charge in [0, 0.05) is 17.5 Å². The lowest BCUT2D eigenvalue weighted by Crippen LogP contribution is -2.34. The van der Waals surface area contributed by atoms with E-state index in [9.17, 15) is 17.2 Å². The molecule has 0 bridgehead atoms. The molecule has 0 unspecified atom stereocenters. The molecule has 1 N–H and O–H groups in total. The second-order valence-electron chi connectivity index (χ2n) is 6.88. The molecule has 3 aromatic rings. The maximum Gasteiger partial charge on any atom is 0.291 e. The monoisotopic (exact) mass is 447 g/mol. The average molecular weight is 448 g/mol. The number of nitrogens with one attached hydrogen (secondary N) is 1. The third-order valence-electron chi connectivity index (χ3n) is 4.59. The summed E-state index contributed by atoms with van der Waals surface area (Å²) in [6.45, 7) is 4.13. The summed E-state index contributed by atoms with van der Waals surface area (Å²) in [7, 11) is -3.80. The number of hydrogen-bond acceptors (Lipinski definition) is 6. The molecule has 1 saturated carbocycles. The number of hydrogen-bond donors (Lipinski definition) is 1. The lowest BCUT2D eigenvalue weighted by Gasteiger charge is -2.13. The van der Waals surface area contributed by atoms with E-state index in [1.807, 2.05) is 13.8 Å². The maximum absolute atomic E-state index is 12.9. The normalized spacial score (nSPS) is 16.2. The summed E-state index contributed by atoms with van der Waals surface area (Å²) in [5.41, 5.74) is 0.352. The minimum Gasteiger partial charge on any atom is -0.263 e. The molecular formula is C16H16ClF2N5O2S2. The molecule has 0 radical (unpaired) electrons. The average Bonchev–Trinajstić information content (AvgIpc) is 3.04. The van der Waals surface area contributed by atoms with Gasteiger partial charge >= 0.3 is 0 Å². The van der Waals surface area contributed by atoms with Gasteiger partial charge in [-0.05, 0) is 38.8 Å². The molecule has 1 aliphatic carbocycles. The van der Waals surface area contributed by atoms with E-state index in [2.05, 4.69) is 20.0 Å². The number of benzene rings is 1. The van der Waals surface area contributed by atoms with E-state index in [4.69, 9.17) is 11.6 Å². The zero-order valence-electron chi connectivity index (χ0n) is 14.9. The van der Waals surface area contributed by atoms with Crippen LogP contribution in [0.1, 0.15) is 38.1 Å². The highest BCUT2D eigenvalue weighted by Gasteiger charge is 2.41. The first-order valence-corrected chi connectivity index (χ1v) is 11.2. The smallest absolute Gasteiger partial charge is 0.263 e. The summed E-state index contributed by atoms with van der Waals surface area (Å²) in [6, 6.07) is 2.83. The van der Waals surface area contributed by atoms with Gasteiger partial charge < -0.3 is 0 Å². The zero-order chi connectivity index (χ0) is 20.3. The van der Waals surface area contributed by atoms with Gasteiger partial charge in [-0.25, -0.2) is 21.9 Å².